The van der Waals surface area contributed by atoms with Crippen molar-refractivity contribution in [3.63, 3.8) is 0 Å². The lowest BCUT2D eigenvalue weighted by Gasteiger charge is -2.19. The molecule has 98 valence electrons. The first-order chi connectivity index (χ1) is 8.35. The first kappa shape index (κ1) is 13.2. The van der Waals surface area contributed by atoms with Gasteiger partial charge in [0.15, 0.2) is 0 Å². The Morgan fingerprint density at radius 2 is 1.94 bits per heavy atom. The quantitative estimate of drug-likeness (QED) is 0.887. The predicted octanol–water partition coefficient (Wildman–Crippen LogP) is 3.72. The van der Waals surface area contributed by atoms with Crippen molar-refractivity contribution in [3.8, 4) is 0 Å². The van der Waals surface area contributed by atoms with Crippen LogP contribution in [-0.2, 0) is 4.74 Å². The van der Waals surface area contributed by atoms with Gasteiger partial charge >= 0.3 is 6.09 Å². The van der Waals surface area contributed by atoms with E-state index < -0.39 is 5.60 Å². The van der Waals surface area contributed by atoms with Crippen LogP contribution >= 0.6 is 11.6 Å². The van der Waals surface area contributed by atoms with E-state index in [4.69, 9.17) is 16.3 Å². The van der Waals surface area contributed by atoms with E-state index >= 15 is 0 Å². The highest BCUT2D eigenvalue weighted by atomic mass is 35.5. The number of carbonyl (C=O) groups is 1. The summed E-state index contributed by atoms with van der Waals surface area (Å²) in [6, 6.07) is 7.94. The first-order valence-electron chi connectivity index (χ1n) is 6.10. The number of nitrogens with one attached hydrogen (secondary N) is 1. The number of benzene rings is 1. The van der Waals surface area contributed by atoms with E-state index in [1.165, 1.54) is 5.56 Å². The molecule has 1 N–H and O–H groups in total. The van der Waals surface area contributed by atoms with Crippen LogP contribution in [0.2, 0.25) is 5.02 Å². The normalized spacial score (nSPS) is 22.4. The summed E-state index contributed by atoms with van der Waals surface area (Å²) < 4.78 is 5.22. The van der Waals surface area contributed by atoms with Gasteiger partial charge in [-0.3, -0.25) is 0 Å². The van der Waals surface area contributed by atoms with Gasteiger partial charge < -0.3 is 10.1 Å². The minimum Gasteiger partial charge on any atom is -0.444 e. The van der Waals surface area contributed by atoms with Crippen molar-refractivity contribution < 1.29 is 9.53 Å². The van der Waals surface area contributed by atoms with Gasteiger partial charge in [0, 0.05) is 17.0 Å². The minimum atomic E-state index is -0.450. The molecule has 0 saturated heterocycles. The number of ether oxygens (including phenoxy) is 1. The Morgan fingerprint density at radius 3 is 2.50 bits per heavy atom. The third-order valence-electron chi connectivity index (χ3n) is 2.79. The zero-order valence-electron chi connectivity index (χ0n) is 10.9. The maximum atomic E-state index is 11.6. The average Bonchev–Trinajstić information content (AvgIpc) is 2.95. The van der Waals surface area contributed by atoms with E-state index in [1.807, 2.05) is 45.0 Å². The molecule has 2 unspecified atom stereocenters. The van der Waals surface area contributed by atoms with Crippen LogP contribution in [0.15, 0.2) is 24.3 Å². The lowest BCUT2D eigenvalue weighted by atomic mass is 10.1. The summed E-state index contributed by atoms with van der Waals surface area (Å²) >= 11 is 5.84. The standard InChI is InChI=1S/C14H18ClNO2/c1-14(2,3)18-13(17)16-12-8-11(12)9-4-6-10(15)7-5-9/h4-7,11-12H,8H2,1-3H3,(H,16,17). The third-order valence-corrected chi connectivity index (χ3v) is 3.04. The fraction of sp³-hybridized carbons (Fsp3) is 0.500. The summed E-state index contributed by atoms with van der Waals surface area (Å²) in [6.07, 6.45) is 0.616. The van der Waals surface area contributed by atoms with Crippen LogP contribution in [0.3, 0.4) is 0 Å². The van der Waals surface area contributed by atoms with Gasteiger partial charge in [0.2, 0.25) is 0 Å². The van der Waals surface area contributed by atoms with Gasteiger partial charge in [0.1, 0.15) is 5.60 Å². The van der Waals surface area contributed by atoms with Gasteiger partial charge in [0.05, 0.1) is 0 Å². The molecular weight excluding hydrogens is 250 g/mol. The van der Waals surface area contributed by atoms with Crippen LogP contribution < -0.4 is 5.32 Å². The molecule has 0 aliphatic heterocycles. The maximum absolute atomic E-state index is 11.6. The Bertz CT molecular complexity index is 436. The molecule has 1 amide bonds. The Balaban J connectivity index is 1.85. The second-order valence-corrected chi connectivity index (χ2v) is 6.08. The highest BCUT2D eigenvalue weighted by Crippen LogP contribution is 2.41. The molecule has 0 heterocycles. The summed E-state index contributed by atoms with van der Waals surface area (Å²) in [5.74, 6) is 0.384. The van der Waals surface area contributed by atoms with Crippen LogP contribution in [0, 0.1) is 0 Å². The van der Waals surface area contributed by atoms with Gasteiger partial charge in [-0.25, -0.2) is 4.79 Å². The summed E-state index contributed by atoms with van der Waals surface area (Å²) in [4.78, 5) is 11.6. The van der Waals surface area contributed by atoms with Gasteiger partial charge in [-0.1, -0.05) is 23.7 Å². The first-order valence-corrected chi connectivity index (χ1v) is 6.48. The van der Waals surface area contributed by atoms with Crippen molar-refractivity contribution in [2.24, 2.45) is 0 Å². The zero-order valence-corrected chi connectivity index (χ0v) is 11.6. The molecule has 1 aromatic rings. The number of hydrogen-bond donors (Lipinski definition) is 1. The molecule has 1 aliphatic carbocycles. The highest BCUT2D eigenvalue weighted by molar-refractivity contribution is 6.30. The van der Waals surface area contributed by atoms with Crippen molar-refractivity contribution in [3.05, 3.63) is 34.9 Å². The molecule has 0 aromatic heterocycles. The van der Waals surface area contributed by atoms with Crippen molar-refractivity contribution in [2.75, 3.05) is 0 Å². The summed E-state index contributed by atoms with van der Waals surface area (Å²) in [5.41, 5.74) is 0.759. The molecule has 1 saturated carbocycles. The predicted molar refractivity (Wildman–Crippen MR) is 72.0 cm³/mol. The molecule has 0 spiro atoms. The molecule has 4 heteroatoms. The van der Waals surface area contributed by atoms with Crippen LogP contribution in [0.4, 0.5) is 4.79 Å². The fourth-order valence-electron chi connectivity index (χ4n) is 1.89. The topological polar surface area (TPSA) is 38.3 Å². The molecular formula is C14H18ClNO2. The number of amides is 1. The largest absolute Gasteiger partial charge is 0.444 e. The lowest BCUT2D eigenvalue weighted by Crippen LogP contribution is -2.34. The molecule has 1 aromatic carbocycles. The van der Waals surface area contributed by atoms with Crippen molar-refractivity contribution in [2.45, 2.75) is 44.8 Å². The van der Waals surface area contributed by atoms with Gasteiger partial charge in [-0.2, -0.15) is 0 Å². The monoisotopic (exact) mass is 267 g/mol. The molecule has 0 bridgehead atoms. The SMILES string of the molecule is CC(C)(C)OC(=O)NC1CC1c1ccc(Cl)cc1. The summed E-state index contributed by atoms with van der Waals surface area (Å²) in [6.45, 7) is 5.57. The third kappa shape index (κ3) is 3.64. The van der Waals surface area contributed by atoms with E-state index in [2.05, 4.69) is 5.32 Å². The van der Waals surface area contributed by atoms with E-state index in [0.717, 1.165) is 11.4 Å². The fourth-order valence-corrected chi connectivity index (χ4v) is 2.02. The summed E-state index contributed by atoms with van der Waals surface area (Å²) in [5, 5.41) is 3.61. The van der Waals surface area contributed by atoms with Crippen molar-refractivity contribution >= 4 is 17.7 Å². The van der Waals surface area contributed by atoms with Gasteiger partial charge in [-0.15, -0.1) is 0 Å². The Hall–Kier alpha value is -1.22. The molecule has 3 nitrogen and oxygen atoms in total. The second-order valence-electron chi connectivity index (χ2n) is 5.65. The Kier molecular flexibility index (Phi) is 3.53. The van der Waals surface area contributed by atoms with E-state index in [1.54, 1.807) is 0 Å². The maximum Gasteiger partial charge on any atom is 0.407 e. The molecule has 0 radical (unpaired) electrons. The van der Waals surface area contributed by atoms with Crippen LogP contribution in [0.1, 0.15) is 38.7 Å². The van der Waals surface area contributed by atoms with Crippen LogP contribution in [0.5, 0.6) is 0 Å². The highest BCUT2D eigenvalue weighted by Gasteiger charge is 2.40. The smallest absolute Gasteiger partial charge is 0.407 e. The molecule has 2 rings (SSSR count). The average molecular weight is 268 g/mol. The van der Waals surface area contributed by atoms with Crippen molar-refractivity contribution in [1.29, 1.82) is 0 Å². The van der Waals surface area contributed by atoms with Crippen LogP contribution in [-0.4, -0.2) is 17.7 Å². The summed E-state index contributed by atoms with van der Waals surface area (Å²) in [7, 11) is 0. The Morgan fingerprint density at radius 1 is 1.33 bits per heavy atom. The lowest BCUT2D eigenvalue weighted by molar-refractivity contribution is 0.0523. The second kappa shape index (κ2) is 4.81. The number of halogens is 1. The van der Waals surface area contributed by atoms with Gasteiger partial charge in [0.25, 0.3) is 0 Å². The molecule has 1 fully saturated rings. The van der Waals surface area contributed by atoms with Crippen molar-refractivity contribution in [1.82, 2.24) is 5.32 Å². The molecule has 18 heavy (non-hydrogen) atoms. The number of alkyl carbamates (subject to hydrolysis) is 1. The number of hydrogen-bond acceptors (Lipinski definition) is 2. The molecule has 1 aliphatic rings. The zero-order chi connectivity index (χ0) is 13.3. The number of carbonyl (C=O) groups excluding carboxylic acids is 1. The van der Waals surface area contributed by atoms with Crippen LogP contribution in [0.25, 0.3) is 0 Å². The minimum absolute atomic E-state index is 0.182. The molecule has 2 atom stereocenters. The van der Waals surface area contributed by atoms with E-state index in [-0.39, 0.29) is 12.1 Å². The van der Waals surface area contributed by atoms with Gasteiger partial charge in [-0.05, 0) is 44.9 Å². The van der Waals surface area contributed by atoms with E-state index in [9.17, 15) is 4.79 Å². The van der Waals surface area contributed by atoms with E-state index in [0.29, 0.717) is 5.92 Å². The Labute approximate surface area is 112 Å². The number of rotatable bonds is 2.